The van der Waals surface area contributed by atoms with Crippen LogP contribution in [-0.4, -0.2) is 52.0 Å². The van der Waals surface area contributed by atoms with Gasteiger partial charge in [0.2, 0.25) is 5.95 Å². The minimum absolute atomic E-state index is 0.103. The number of nitrogens with zero attached hydrogens (tertiary/aromatic N) is 1. The van der Waals surface area contributed by atoms with Crippen molar-refractivity contribution in [1.29, 1.82) is 0 Å². The summed E-state index contributed by atoms with van der Waals surface area (Å²) in [6.07, 6.45) is 0.761. The SMILES string of the molecule is CC(C)(C)OC(=O)Nc1ncc(CC[C@H](NC(=O)OCC2c3ccccc3-c3ccccc32)C(=O)OC(C)(C)C)[nH]1. The number of rotatable bonds is 8. The van der Waals surface area contributed by atoms with Crippen LogP contribution in [0.5, 0.6) is 0 Å². The maximum absolute atomic E-state index is 13.0. The summed E-state index contributed by atoms with van der Waals surface area (Å²) in [5.41, 5.74) is 3.72. The Labute approximate surface area is 240 Å². The number of hydrogen-bond acceptors (Lipinski definition) is 7. The zero-order valence-electron chi connectivity index (χ0n) is 24.4. The highest BCUT2D eigenvalue weighted by atomic mass is 16.6. The summed E-state index contributed by atoms with van der Waals surface area (Å²) >= 11 is 0. The number of aromatic amines is 1. The highest BCUT2D eigenvalue weighted by molar-refractivity contribution is 5.83. The molecule has 0 saturated carbocycles. The molecule has 0 radical (unpaired) electrons. The lowest BCUT2D eigenvalue weighted by Gasteiger charge is -2.24. The van der Waals surface area contributed by atoms with E-state index in [9.17, 15) is 14.4 Å². The Balaban J connectivity index is 1.38. The first kappa shape index (κ1) is 29.6. The fraction of sp³-hybridized carbons (Fsp3) is 0.419. The average Bonchev–Trinajstić information content (AvgIpc) is 3.45. The number of ether oxygens (including phenoxy) is 3. The molecule has 41 heavy (non-hydrogen) atoms. The zero-order valence-corrected chi connectivity index (χ0v) is 24.4. The smallest absolute Gasteiger partial charge is 0.414 e. The lowest BCUT2D eigenvalue weighted by molar-refractivity contribution is -0.157. The highest BCUT2D eigenvalue weighted by Gasteiger charge is 2.31. The molecule has 218 valence electrons. The van der Waals surface area contributed by atoms with E-state index in [4.69, 9.17) is 14.2 Å². The van der Waals surface area contributed by atoms with Gasteiger partial charge < -0.3 is 24.5 Å². The van der Waals surface area contributed by atoms with Crippen LogP contribution < -0.4 is 10.6 Å². The van der Waals surface area contributed by atoms with E-state index in [-0.39, 0.29) is 24.9 Å². The second-order valence-electron chi connectivity index (χ2n) is 12.0. The van der Waals surface area contributed by atoms with Gasteiger partial charge in [0.25, 0.3) is 0 Å². The summed E-state index contributed by atoms with van der Waals surface area (Å²) in [5.74, 6) is -0.459. The van der Waals surface area contributed by atoms with E-state index in [1.54, 1.807) is 47.7 Å². The molecule has 0 spiro atoms. The number of aromatic nitrogens is 2. The lowest BCUT2D eigenvalue weighted by Crippen LogP contribution is -2.45. The van der Waals surface area contributed by atoms with Crippen molar-refractivity contribution in [2.75, 3.05) is 11.9 Å². The van der Waals surface area contributed by atoms with E-state index in [0.29, 0.717) is 12.1 Å². The molecule has 1 heterocycles. The van der Waals surface area contributed by atoms with E-state index in [1.165, 1.54) is 0 Å². The molecule has 0 aliphatic heterocycles. The number of esters is 1. The number of anilines is 1. The first-order valence-electron chi connectivity index (χ1n) is 13.7. The molecular formula is C31H38N4O6. The summed E-state index contributed by atoms with van der Waals surface area (Å²) in [4.78, 5) is 45.1. The summed E-state index contributed by atoms with van der Waals surface area (Å²) in [6, 6.07) is 15.2. The van der Waals surface area contributed by atoms with Gasteiger partial charge in [0.1, 0.15) is 23.9 Å². The van der Waals surface area contributed by atoms with Crippen LogP contribution in [0.2, 0.25) is 0 Å². The van der Waals surface area contributed by atoms with Crippen LogP contribution in [0.25, 0.3) is 11.1 Å². The predicted octanol–water partition coefficient (Wildman–Crippen LogP) is 5.94. The van der Waals surface area contributed by atoms with Crippen LogP contribution in [-0.2, 0) is 25.4 Å². The number of hydrogen-bond donors (Lipinski definition) is 3. The van der Waals surface area contributed by atoms with Gasteiger partial charge in [-0.05, 0) is 76.6 Å². The third kappa shape index (κ3) is 8.09. The number of imidazole rings is 1. The quantitative estimate of drug-likeness (QED) is 0.229. The molecule has 10 nitrogen and oxygen atoms in total. The Kier molecular flexibility index (Phi) is 8.70. The fourth-order valence-electron chi connectivity index (χ4n) is 4.65. The molecule has 0 saturated heterocycles. The topological polar surface area (TPSA) is 132 Å². The predicted molar refractivity (Wildman–Crippen MR) is 155 cm³/mol. The molecule has 3 N–H and O–H groups in total. The van der Waals surface area contributed by atoms with Gasteiger partial charge in [0, 0.05) is 11.6 Å². The molecule has 1 atom stereocenters. The van der Waals surface area contributed by atoms with Crippen molar-refractivity contribution in [3.63, 3.8) is 0 Å². The van der Waals surface area contributed by atoms with E-state index >= 15 is 0 Å². The zero-order chi connectivity index (χ0) is 29.8. The first-order valence-corrected chi connectivity index (χ1v) is 13.7. The van der Waals surface area contributed by atoms with Gasteiger partial charge in [0.05, 0.1) is 6.20 Å². The van der Waals surface area contributed by atoms with Gasteiger partial charge in [-0.3, -0.25) is 5.32 Å². The van der Waals surface area contributed by atoms with E-state index in [1.807, 2.05) is 36.4 Å². The summed E-state index contributed by atoms with van der Waals surface area (Å²) in [6.45, 7) is 10.7. The summed E-state index contributed by atoms with van der Waals surface area (Å²) in [5, 5.41) is 5.23. The number of alkyl carbamates (subject to hydrolysis) is 1. The maximum Gasteiger partial charge on any atom is 0.414 e. The van der Waals surface area contributed by atoms with Crippen molar-refractivity contribution < 1.29 is 28.6 Å². The summed E-state index contributed by atoms with van der Waals surface area (Å²) < 4.78 is 16.4. The van der Waals surface area contributed by atoms with Crippen molar-refractivity contribution in [2.45, 2.75) is 77.5 Å². The van der Waals surface area contributed by atoms with Gasteiger partial charge in [-0.25, -0.2) is 19.4 Å². The largest absolute Gasteiger partial charge is 0.458 e. The molecule has 3 aromatic rings. The molecular weight excluding hydrogens is 524 g/mol. The van der Waals surface area contributed by atoms with Crippen molar-refractivity contribution >= 4 is 24.1 Å². The molecule has 0 unspecified atom stereocenters. The Bertz CT molecular complexity index is 1360. The third-order valence-corrected chi connectivity index (χ3v) is 6.28. The van der Waals surface area contributed by atoms with Crippen LogP contribution in [0, 0.1) is 0 Å². The van der Waals surface area contributed by atoms with Crippen molar-refractivity contribution in [3.8, 4) is 11.1 Å². The number of carbonyl (C=O) groups excluding carboxylic acids is 3. The molecule has 1 aliphatic rings. The Morgan fingerprint density at radius 3 is 2.05 bits per heavy atom. The molecule has 0 bridgehead atoms. The van der Waals surface area contributed by atoms with Crippen molar-refractivity contribution in [2.24, 2.45) is 0 Å². The number of nitrogens with one attached hydrogen (secondary N) is 3. The second-order valence-corrected chi connectivity index (χ2v) is 12.0. The Morgan fingerprint density at radius 1 is 0.878 bits per heavy atom. The average molecular weight is 563 g/mol. The third-order valence-electron chi connectivity index (χ3n) is 6.28. The first-order chi connectivity index (χ1) is 19.3. The van der Waals surface area contributed by atoms with Crippen LogP contribution in [0.1, 0.15) is 70.7 Å². The van der Waals surface area contributed by atoms with Gasteiger partial charge >= 0.3 is 18.2 Å². The molecule has 2 amide bonds. The fourth-order valence-corrected chi connectivity index (χ4v) is 4.65. The second kappa shape index (κ2) is 12.0. The highest BCUT2D eigenvalue weighted by Crippen LogP contribution is 2.44. The normalized spacial score (nSPS) is 13.5. The molecule has 0 fully saturated rings. The minimum Gasteiger partial charge on any atom is -0.458 e. The van der Waals surface area contributed by atoms with E-state index in [0.717, 1.165) is 22.3 Å². The van der Waals surface area contributed by atoms with E-state index in [2.05, 4.69) is 32.7 Å². The van der Waals surface area contributed by atoms with E-state index < -0.39 is 35.4 Å². The van der Waals surface area contributed by atoms with Gasteiger partial charge in [-0.15, -0.1) is 0 Å². The molecule has 1 aliphatic carbocycles. The van der Waals surface area contributed by atoms with Crippen LogP contribution in [0.15, 0.2) is 54.7 Å². The Morgan fingerprint density at radius 2 is 1.46 bits per heavy atom. The van der Waals surface area contributed by atoms with Gasteiger partial charge in [-0.1, -0.05) is 48.5 Å². The number of H-pyrrole nitrogens is 1. The molecule has 1 aromatic heterocycles. The van der Waals surface area contributed by atoms with Crippen molar-refractivity contribution in [3.05, 3.63) is 71.5 Å². The number of amides is 2. The van der Waals surface area contributed by atoms with Crippen LogP contribution in [0.4, 0.5) is 15.5 Å². The van der Waals surface area contributed by atoms with Crippen LogP contribution >= 0.6 is 0 Å². The number of benzene rings is 2. The standard InChI is InChI=1S/C31H38N4O6/c1-30(2,3)40-26(36)25(16-15-19-17-32-27(33-19)35-29(38)41-31(4,5)6)34-28(37)39-18-24-22-13-9-7-11-20(22)21-12-8-10-14-23(21)24/h7-14,17,24-25H,15-16,18H2,1-6H3,(H,34,37)(H2,32,33,35,38)/t25-/m0/s1. The maximum atomic E-state index is 13.0. The van der Waals surface area contributed by atoms with Gasteiger partial charge in [-0.2, -0.15) is 0 Å². The lowest BCUT2D eigenvalue weighted by atomic mass is 9.98. The number of aryl methyl sites for hydroxylation is 1. The summed E-state index contributed by atoms with van der Waals surface area (Å²) in [7, 11) is 0. The molecule has 10 heteroatoms. The Hall–Kier alpha value is -4.34. The van der Waals surface area contributed by atoms with Crippen LogP contribution in [0.3, 0.4) is 0 Å². The number of fused-ring (bicyclic) bond motifs is 3. The monoisotopic (exact) mass is 562 g/mol. The molecule has 2 aromatic carbocycles. The number of carbonyl (C=O) groups is 3. The van der Waals surface area contributed by atoms with Crippen molar-refractivity contribution in [1.82, 2.24) is 15.3 Å². The van der Waals surface area contributed by atoms with Gasteiger partial charge in [0.15, 0.2) is 0 Å². The molecule has 4 rings (SSSR count). The minimum atomic E-state index is -0.963.